The highest BCUT2D eigenvalue weighted by molar-refractivity contribution is 5.92. The summed E-state index contributed by atoms with van der Waals surface area (Å²) in [4.78, 5) is 17.3. The van der Waals surface area contributed by atoms with Crippen molar-refractivity contribution in [2.24, 2.45) is 5.92 Å². The number of benzene rings is 1. The molecular formula is C33H33FN8. The normalized spacial score (nSPS) is 14.3. The lowest BCUT2D eigenvalue weighted by atomic mass is 9.93. The van der Waals surface area contributed by atoms with Crippen LogP contribution in [-0.2, 0) is 0 Å². The first-order valence-electron chi connectivity index (χ1n) is 14.1. The first kappa shape index (κ1) is 27.3. The number of aromatic amines is 2. The van der Waals surface area contributed by atoms with E-state index in [-0.39, 0.29) is 5.82 Å². The molecule has 5 aromatic rings. The molecule has 0 amide bonds. The van der Waals surface area contributed by atoms with Crippen molar-refractivity contribution in [2.45, 2.75) is 26.2 Å². The van der Waals surface area contributed by atoms with E-state index in [0.29, 0.717) is 34.3 Å². The molecule has 4 N–H and O–H groups in total. The molecule has 1 fully saturated rings. The molecule has 42 heavy (non-hydrogen) atoms. The van der Waals surface area contributed by atoms with Gasteiger partial charge in [-0.15, -0.1) is 0 Å². The standard InChI is InChI=1S/C33H33FN8/c1-4-6-28(23-7-5-8-26(34)14-23)30-21(3)39-33(40-30)31-29-16-25(18-37-32(29)42-41-31)24-15-27(19-36-17-24)38-20(2)13-22-9-11-35-12-10-22/h4-8,14-19,22,35,38H,1-2,9-13H2,3H3,(H,39,40)(H,37,41,42)/b28-6-. The molecule has 0 spiro atoms. The summed E-state index contributed by atoms with van der Waals surface area (Å²) in [5.41, 5.74) is 8.03. The van der Waals surface area contributed by atoms with E-state index in [4.69, 9.17) is 4.98 Å². The zero-order chi connectivity index (χ0) is 29.1. The second-order valence-electron chi connectivity index (χ2n) is 10.7. The van der Waals surface area contributed by atoms with Gasteiger partial charge in [0.15, 0.2) is 11.5 Å². The van der Waals surface area contributed by atoms with Gasteiger partial charge in [-0.1, -0.05) is 37.4 Å². The molecule has 0 saturated carbocycles. The second-order valence-corrected chi connectivity index (χ2v) is 10.7. The Morgan fingerprint density at radius 2 is 1.95 bits per heavy atom. The molecule has 1 saturated heterocycles. The summed E-state index contributed by atoms with van der Waals surface area (Å²) in [5.74, 6) is 0.948. The number of fused-ring (bicyclic) bond motifs is 1. The smallest absolute Gasteiger partial charge is 0.181 e. The number of anilines is 1. The van der Waals surface area contributed by atoms with Crippen molar-refractivity contribution in [3.63, 3.8) is 0 Å². The number of nitrogens with one attached hydrogen (secondary N) is 4. The zero-order valence-electron chi connectivity index (χ0n) is 23.5. The molecule has 9 heteroatoms. The lowest BCUT2D eigenvalue weighted by Gasteiger charge is -2.23. The van der Waals surface area contributed by atoms with Gasteiger partial charge >= 0.3 is 0 Å². The molecule has 0 atom stereocenters. The number of allylic oxidation sites excluding steroid dienone is 3. The monoisotopic (exact) mass is 560 g/mol. The number of nitrogens with zero attached hydrogens (tertiary/aromatic N) is 4. The number of H-pyrrole nitrogens is 2. The zero-order valence-corrected chi connectivity index (χ0v) is 23.5. The maximum atomic E-state index is 14.0. The van der Waals surface area contributed by atoms with E-state index in [2.05, 4.69) is 55.0 Å². The van der Waals surface area contributed by atoms with E-state index in [1.54, 1.807) is 18.3 Å². The molecule has 0 aliphatic carbocycles. The number of aryl methyl sites for hydroxylation is 1. The second kappa shape index (κ2) is 11.9. The Bertz CT molecular complexity index is 1790. The number of piperidine rings is 1. The average Bonchev–Trinajstić information content (AvgIpc) is 3.59. The van der Waals surface area contributed by atoms with Crippen molar-refractivity contribution >= 4 is 22.3 Å². The van der Waals surface area contributed by atoms with Crippen LogP contribution in [0.2, 0.25) is 0 Å². The predicted molar refractivity (Wildman–Crippen MR) is 166 cm³/mol. The van der Waals surface area contributed by atoms with Gasteiger partial charge in [-0.2, -0.15) is 5.10 Å². The summed E-state index contributed by atoms with van der Waals surface area (Å²) in [6.07, 6.45) is 12.2. The molecule has 0 bridgehead atoms. The quantitative estimate of drug-likeness (QED) is 0.148. The van der Waals surface area contributed by atoms with E-state index < -0.39 is 0 Å². The number of rotatable bonds is 9. The summed E-state index contributed by atoms with van der Waals surface area (Å²) >= 11 is 0. The predicted octanol–water partition coefficient (Wildman–Crippen LogP) is 6.79. The third-order valence-electron chi connectivity index (χ3n) is 7.59. The fourth-order valence-electron chi connectivity index (χ4n) is 5.52. The number of pyridine rings is 2. The van der Waals surface area contributed by atoms with Gasteiger partial charge in [0.2, 0.25) is 0 Å². The van der Waals surface area contributed by atoms with Crippen molar-refractivity contribution in [1.29, 1.82) is 0 Å². The van der Waals surface area contributed by atoms with E-state index in [1.165, 1.54) is 25.0 Å². The molecule has 6 rings (SSSR count). The van der Waals surface area contributed by atoms with E-state index >= 15 is 0 Å². The van der Waals surface area contributed by atoms with Crippen LogP contribution in [0, 0.1) is 18.7 Å². The number of aromatic nitrogens is 6. The Labute approximate surface area is 243 Å². The molecule has 0 radical (unpaired) electrons. The number of hydrogen-bond donors (Lipinski definition) is 4. The summed E-state index contributed by atoms with van der Waals surface area (Å²) in [5, 5.41) is 15.2. The van der Waals surface area contributed by atoms with Crippen LogP contribution in [0.5, 0.6) is 0 Å². The van der Waals surface area contributed by atoms with Crippen LogP contribution in [-0.4, -0.2) is 43.2 Å². The van der Waals surface area contributed by atoms with Crippen LogP contribution < -0.4 is 10.6 Å². The highest BCUT2D eigenvalue weighted by atomic mass is 19.1. The molecule has 1 aliphatic rings. The Hall–Kier alpha value is -4.89. The average molecular weight is 561 g/mol. The molecular weight excluding hydrogens is 527 g/mol. The van der Waals surface area contributed by atoms with Gasteiger partial charge in [0.1, 0.15) is 11.5 Å². The fourth-order valence-corrected chi connectivity index (χ4v) is 5.52. The summed E-state index contributed by atoms with van der Waals surface area (Å²) in [6, 6.07) is 10.6. The van der Waals surface area contributed by atoms with Gasteiger partial charge in [-0.05, 0) is 75.0 Å². The van der Waals surface area contributed by atoms with E-state index in [0.717, 1.165) is 58.7 Å². The Balaban J connectivity index is 1.29. The molecule has 4 aromatic heterocycles. The highest BCUT2D eigenvalue weighted by Gasteiger charge is 2.19. The van der Waals surface area contributed by atoms with Crippen LogP contribution >= 0.6 is 0 Å². The Morgan fingerprint density at radius 1 is 1.12 bits per heavy atom. The SMILES string of the molecule is C=C/C=C(/c1cccc(F)c1)c1nc(-c2[nH]nc3ncc(-c4cncc(NC(=C)CC5CCNCC5)c4)cc23)[nH]c1C. The maximum absolute atomic E-state index is 14.0. The van der Waals surface area contributed by atoms with Gasteiger partial charge in [0.25, 0.3) is 0 Å². The van der Waals surface area contributed by atoms with E-state index in [1.807, 2.05) is 37.5 Å². The molecule has 5 heterocycles. The first-order chi connectivity index (χ1) is 20.5. The minimum Gasteiger partial charge on any atom is -0.358 e. The first-order valence-corrected chi connectivity index (χ1v) is 14.1. The third kappa shape index (κ3) is 5.77. The third-order valence-corrected chi connectivity index (χ3v) is 7.59. The number of halogens is 1. The van der Waals surface area contributed by atoms with Crippen LogP contribution in [0.3, 0.4) is 0 Å². The summed E-state index contributed by atoms with van der Waals surface area (Å²) in [7, 11) is 0. The number of imidazole rings is 1. The number of hydrogen-bond acceptors (Lipinski definition) is 6. The van der Waals surface area contributed by atoms with Crippen molar-refractivity contribution in [1.82, 2.24) is 35.5 Å². The molecule has 212 valence electrons. The van der Waals surface area contributed by atoms with Crippen molar-refractivity contribution in [3.05, 3.63) is 109 Å². The Morgan fingerprint density at radius 3 is 2.76 bits per heavy atom. The maximum Gasteiger partial charge on any atom is 0.181 e. The fraction of sp³-hybridized carbons (Fsp3) is 0.212. The molecule has 1 aromatic carbocycles. The van der Waals surface area contributed by atoms with Gasteiger partial charge in [-0.3, -0.25) is 10.1 Å². The molecule has 8 nitrogen and oxygen atoms in total. The van der Waals surface area contributed by atoms with Crippen molar-refractivity contribution < 1.29 is 4.39 Å². The summed E-state index contributed by atoms with van der Waals surface area (Å²) in [6.45, 7) is 12.2. The van der Waals surface area contributed by atoms with Crippen LogP contribution in [0.25, 0.3) is 39.3 Å². The van der Waals surface area contributed by atoms with E-state index in [9.17, 15) is 4.39 Å². The van der Waals surface area contributed by atoms with Crippen LogP contribution in [0.1, 0.15) is 36.2 Å². The Kier molecular flexibility index (Phi) is 7.74. The highest BCUT2D eigenvalue weighted by Crippen LogP contribution is 2.32. The summed E-state index contributed by atoms with van der Waals surface area (Å²) < 4.78 is 14.0. The molecule has 1 aliphatic heterocycles. The van der Waals surface area contributed by atoms with Crippen molar-refractivity contribution in [3.8, 4) is 22.6 Å². The molecule has 0 unspecified atom stereocenters. The lowest BCUT2D eigenvalue weighted by Crippen LogP contribution is -2.28. The van der Waals surface area contributed by atoms with Gasteiger partial charge in [0, 0.05) is 40.5 Å². The minimum absolute atomic E-state index is 0.311. The van der Waals surface area contributed by atoms with Gasteiger partial charge in [0.05, 0.1) is 23.0 Å². The largest absolute Gasteiger partial charge is 0.358 e. The van der Waals surface area contributed by atoms with Gasteiger partial charge < -0.3 is 15.6 Å². The minimum atomic E-state index is -0.311. The lowest BCUT2D eigenvalue weighted by molar-refractivity contribution is 0.373. The van der Waals surface area contributed by atoms with Crippen LogP contribution in [0.4, 0.5) is 10.1 Å². The van der Waals surface area contributed by atoms with Gasteiger partial charge in [-0.25, -0.2) is 14.4 Å². The van der Waals surface area contributed by atoms with Crippen molar-refractivity contribution in [2.75, 3.05) is 18.4 Å². The van der Waals surface area contributed by atoms with Crippen LogP contribution in [0.15, 0.2) is 86.0 Å². The topological polar surface area (TPSA) is 107 Å².